The van der Waals surface area contributed by atoms with Crippen LogP contribution in [0.15, 0.2) is 54.9 Å². The Kier molecular flexibility index (Phi) is 5.83. The van der Waals surface area contributed by atoms with E-state index >= 15 is 0 Å². The molecule has 138 valence electrons. The zero-order valence-corrected chi connectivity index (χ0v) is 15.4. The van der Waals surface area contributed by atoms with Gasteiger partial charge in [0, 0.05) is 6.20 Å². The second kappa shape index (κ2) is 8.46. The van der Waals surface area contributed by atoms with Crippen molar-refractivity contribution in [3.05, 3.63) is 82.4 Å². The Labute approximate surface area is 161 Å². The quantitative estimate of drug-likeness (QED) is 0.523. The largest absolute Gasteiger partial charge is 0.273 e. The number of hydrazine groups is 1. The van der Waals surface area contributed by atoms with Crippen LogP contribution in [0.5, 0.6) is 0 Å². The number of aromatic nitrogens is 3. The molecule has 1 aromatic carbocycles. The first-order chi connectivity index (χ1) is 13.1. The predicted molar refractivity (Wildman–Crippen MR) is 101 cm³/mol. The number of benzene rings is 1. The maximum atomic E-state index is 12.5. The van der Waals surface area contributed by atoms with E-state index in [1.54, 1.807) is 4.68 Å². The number of amides is 2. The van der Waals surface area contributed by atoms with Gasteiger partial charge >= 0.3 is 0 Å². The molecule has 3 aromatic rings. The summed E-state index contributed by atoms with van der Waals surface area (Å²) in [5, 5.41) is 4.60. The number of nitrogens with one attached hydrogen (secondary N) is 2. The third-order valence-electron chi connectivity index (χ3n) is 3.98. The van der Waals surface area contributed by atoms with Gasteiger partial charge in [0.1, 0.15) is 5.15 Å². The Hall–Kier alpha value is -3.19. The van der Waals surface area contributed by atoms with Crippen molar-refractivity contribution in [2.45, 2.75) is 19.9 Å². The van der Waals surface area contributed by atoms with Crippen molar-refractivity contribution in [3.63, 3.8) is 0 Å². The second-order valence-corrected chi connectivity index (χ2v) is 6.17. The highest BCUT2D eigenvalue weighted by Gasteiger charge is 2.17. The summed E-state index contributed by atoms with van der Waals surface area (Å²) in [5.74, 6) is -0.913. The lowest BCUT2D eigenvalue weighted by molar-refractivity contribution is 0.0846. The van der Waals surface area contributed by atoms with Gasteiger partial charge < -0.3 is 0 Å². The molecular weight excluding hydrogens is 366 g/mol. The fourth-order valence-corrected chi connectivity index (χ4v) is 2.74. The van der Waals surface area contributed by atoms with Gasteiger partial charge in [-0.25, -0.2) is 4.98 Å². The Morgan fingerprint density at radius 1 is 1.04 bits per heavy atom. The minimum absolute atomic E-state index is 0.286. The minimum Gasteiger partial charge on any atom is -0.267 e. The molecule has 2 aromatic heterocycles. The average molecular weight is 384 g/mol. The van der Waals surface area contributed by atoms with E-state index in [-0.39, 0.29) is 10.7 Å². The average Bonchev–Trinajstić information content (AvgIpc) is 3.09. The van der Waals surface area contributed by atoms with Crippen LogP contribution in [0.3, 0.4) is 0 Å². The number of carbonyl (C=O) groups is 2. The highest BCUT2D eigenvalue weighted by molar-refractivity contribution is 6.29. The predicted octanol–water partition coefficient (Wildman–Crippen LogP) is 2.62. The molecule has 2 N–H and O–H groups in total. The fraction of sp³-hybridized carbons (Fsp3) is 0.158. The standard InChI is InChI=1S/C19H18ClN5O2/c1-2-16-15(11-22-25(16)12-13-6-4-3-5-7-13)19(27)24-23-18(26)14-8-9-17(20)21-10-14/h3-11H,2,12H2,1H3,(H,23,26)(H,24,27). The first-order valence-electron chi connectivity index (χ1n) is 8.39. The molecule has 8 heteroatoms. The molecule has 2 amide bonds. The second-order valence-electron chi connectivity index (χ2n) is 5.78. The number of pyridine rings is 1. The van der Waals surface area contributed by atoms with E-state index in [0.717, 1.165) is 11.3 Å². The molecule has 2 heterocycles. The number of nitrogens with zero attached hydrogens (tertiary/aromatic N) is 3. The molecule has 0 radical (unpaired) electrons. The molecule has 0 aliphatic rings. The molecule has 0 aliphatic carbocycles. The lowest BCUT2D eigenvalue weighted by Gasteiger charge is -2.09. The van der Waals surface area contributed by atoms with E-state index in [4.69, 9.17) is 11.6 Å². The summed E-state index contributed by atoms with van der Waals surface area (Å²) in [7, 11) is 0. The molecule has 0 atom stereocenters. The van der Waals surface area contributed by atoms with E-state index in [1.165, 1.54) is 24.5 Å². The Morgan fingerprint density at radius 3 is 2.44 bits per heavy atom. The molecule has 0 saturated carbocycles. The van der Waals surface area contributed by atoms with Gasteiger partial charge in [0.15, 0.2) is 0 Å². The number of hydrogen-bond donors (Lipinski definition) is 2. The van der Waals surface area contributed by atoms with Gasteiger partial charge in [0.2, 0.25) is 0 Å². The van der Waals surface area contributed by atoms with Crippen LogP contribution in [0.1, 0.15) is 38.9 Å². The molecule has 0 bridgehead atoms. The molecule has 0 unspecified atom stereocenters. The highest BCUT2D eigenvalue weighted by Crippen LogP contribution is 2.12. The molecule has 7 nitrogen and oxygen atoms in total. The first kappa shape index (κ1) is 18.6. The number of carbonyl (C=O) groups excluding carboxylic acids is 2. The summed E-state index contributed by atoms with van der Waals surface area (Å²) in [6, 6.07) is 12.9. The monoisotopic (exact) mass is 383 g/mol. The van der Waals surface area contributed by atoms with Gasteiger partial charge in [-0.15, -0.1) is 0 Å². The summed E-state index contributed by atoms with van der Waals surface area (Å²) >= 11 is 5.70. The zero-order valence-electron chi connectivity index (χ0n) is 14.6. The van der Waals surface area contributed by atoms with Crippen LogP contribution in [0, 0.1) is 0 Å². The van der Waals surface area contributed by atoms with Gasteiger partial charge in [0.05, 0.1) is 29.6 Å². The minimum atomic E-state index is -0.484. The summed E-state index contributed by atoms with van der Waals surface area (Å²) < 4.78 is 1.79. The van der Waals surface area contributed by atoms with Gasteiger partial charge in [-0.2, -0.15) is 5.10 Å². The number of hydrogen-bond acceptors (Lipinski definition) is 4. The molecule has 3 rings (SSSR count). The van der Waals surface area contributed by atoms with Crippen molar-refractivity contribution in [2.24, 2.45) is 0 Å². The maximum Gasteiger partial charge on any atom is 0.273 e. The first-order valence-corrected chi connectivity index (χ1v) is 8.77. The SMILES string of the molecule is CCc1c(C(=O)NNC(=O)c2ccc(Cl)nc2)cnn1Cc1ccccc1. The lowest BCUT2D eigenvalue weighted by Crippen LogP contribution is -2.41. The molecular formula is C19H18ClN5O2. The van der Waals surface area contributed by atoms with Crippen LogP contribution in [0.4, 0.5) is 0 Å². The Morgan fingerprint density at radius 2 is 1.78 bits per heavy atom. The number of halogens is 1. The summed E-state index contributed by atoms with van der Waals surface area (Å²) in [6.07, 6.45) is 3.47. The van der Waals surface area contributed by atoms with E-state index in [1.807, 2.05) is 37.3 Å². The van der Waals surface area contributed by atoms with Crippen molar-refractivity contribution in [2.75, 3.05) is 0 Å². The van der Waals surface area contributed by atoms with Crippen molar-refractivity contribution in [1.29, 1.82) is 0 Å². The molecule has 27 heavy (non-hydrogen) atoms. The molecule has 0 spiro atoms. The van der Waals surface area contributed by atoms with E-state index in [9.17, 15) is 9.59 Å². The van der Waals surface area contributed by atoms with Crippen molar-refractivity contribution < 1.29 is 9.59 Å². The van der Waals surface area contributed by atoms with E-state index < -0.39 is 11.8 Å². The Balaban J connectivity index is 1.67. The third-order valence-corrected chi connectivity index (χ3v) is 4.21. The van der Waals surface area contributed by atoms with Crippen LogP contribution >= 0.6 is 11.6 Å². The van der Waals surface area contributed by atoms with E-state index in [2.05, 4.69) is 20.9 Å². The summed E-state index contributed by atoms with van der Waals surface area (Å²) in [4.78, 5) is 28.4. The molecule has 0 saturated heterocycles. The van der Waals surface area contributed by atoms with Crippen LogP contribution in [-0.2, 0) is 13.0 Å². The lowest BCUT2D eigenvalue weighted by atomic mass is 10.2. The number of rotatable bonds is 5. The fourth-order valence-electron chi connectivity index (χ4n) is 2.63. The topological polar surface area (TPSA) is 88.9 Å². The highest BCUT2D eigenvalue weighted by atomic mass is 35.5. The maximum absolute atomic E-state index is 12.5. The Bertz CT molecular complexity index is 938. The van der Waals surface area contributed by atoms with E-state index in [0.29, 0.717) is 18.5 Å². The molecule has 0 fully saturated rings. The van der Waals surface area contributed by atoms with Crippen LogP contribution < -0.4 is 10.9 Å². The van der Waals surface area contributed by atoms with Gasteiger partial charge in [-0.05, 0) is 24.1 Å². The zero-order chi connectivity index (χ0) is 19.2. The smallest absolute Gasteiger partial charge is 0.267 e. The van der Waals surface area contributed by atoms with Crippen molar-refractivity contribution >= 4 is 23.4 Å². The van der Waals surface area contributed by atoms with Crippen molar-refractivity contribution in [3.8, 4) is 0 Å². The van der Waals surface area contributed by atoms with Crippen molar-refractivity contribution in [1.82, 2.24) is 25.6 Å². The van der Waals surface area contributed by atoms with Gasteiger partial charge in [-0.3, -0.25) is 25.1 Å². The summed E-state index contributed by atoms with van der Waals surface area (Å²) in [5.41, 5.74) is 7.37. The third kappa shape index (κ3) is 4.51. The normalized spacial score (nSPS) is 10.4. The van der Waals surface area contributed by atoms with Gasteiger partial charge in [-0.1, -0.05) is 48.9 Å². The van der Waals surface area contributed by atoms with Crippen LogP contribution in [0.25, 0.3) is 0 Å². The van der Waals surface area contributed by atoms with Gasteiger partial charge in [0.25, 0.3) is 11.8 Å². The van der Waals surface area contributed by atoms with Crippen LogP contribution in [0.2, 0.25) is 5.15 Å². The summed E-state index contributed by atoms with van der Waals surface area (Å²) in [6.45, 7) is 2.52. The van der Waals surface area contributed by atoms with Crippen LogP contribution in [-0.4, -0.2) is 26.6 Å². The molecule has 0 aliphatic heterocycles.